The number of amides is 1. The third kappa shape index (κ3) is 3.08. The van der Waals surface area contributed by atoms with Crippen LogP contribution in [0.5, 0.6) is 0 Å². The first-order chi connectivity index (χ1) is 9.49. The Morgan fingerprint density at radius 2 is 2.30 bits per heavy atom. The van der Waals surface area contributed by atoms with Gasteiger partial charge in [-0.05, 0) is 24.1 Å². The molecule has 0 aliphatic carbocycles. The molecule has 2 N–H and O–H groups in total. The number of carbonyl (C=O) groups excluding carboxylic acids is 1. The second kappa shape index (κ2) is 5.92. The molecule has 1 atom stereocenters. The van der Waals surface area contributed by atoms with Gasteiger partial charge in [0, 0.05) is 7.05 Å². The van der Waals surface area contributed by atoms with Gasteiger partial charge in [-0.2, -0.15) is 5.10 Å². The highest BCUT2D eigenvalue weighted by Crippen LogP contribution is 2.15. The van der Waals surface area contributed by atoms with Crippen LogP contribution in [-0.2, 0) is 7.05 Å². The summed E-state index contributed by atoms with van der Waals surface area (Å²) in [4.78, 5) is 12.1. The summed E-state index contributed by atoms with van der Waals surface area (Å²) < 4.78 is 6.62. The standard InChI is InChI=1S/C14H19N3O3/c1-9(2)10-7-11(17(3)16-10)14(19)15-8-12(18)13-5-4-6-20-13/h4-7,9,12,18H,8H2,1-3H3,(H,15,19)/t12-/m0/s1. The summed E-state index contributed by atoms with van der Waals surface area (Å²) in [7, 11) is 1.73. The average molecular weight is 277 g/mol. The molecular formula is C14H19N3O3. The molecule has 0 radical (unpaired) electrons. The maximum absolute atomic E-state index is 12.1. The third-order valence-corrected chi connectivity index (χ3v) is 3.05. The van der Waals surface area contributed by atoms with E-state index in [9.17, 15) is 9.90 Å². The van der Waals surface area contributed by atoms with E-state index in [4.69, 9.17) is 4.42 Å². The fraction of sp³-hybridized carbons (Fsp3) is 0.429. The highest BCUT2D eigenvalue weighted by Gasteiger charge is 2.17. The lowest BCUT2D eigenvalue weighted by Gasteiger charge is -2.09. The molecule has 0 fully saturated rings. The van der Waals surface area contributed by atoms with Crippen LogP contribution in [0, 0.1) is 0 Å². The topological polar surface area (TPSA) is 80.3 Å². The zero-order valence-corrected chi connectivity index (χ0v) is 11.8. The first-order valence-electron chi connectivity index (χ1n) is 6.52. The molecule has 1 amide bonds. The van der Waals surface area contributed by atoms with Gasteiger partial charge in [-0.25, -0.2) is 0 Å². The van der Waals surface area contributed by atoms with Crippen LogP contribution in [0.4, 0.5) is 0 Å². The molecule has 0 aliphatic heterocycles. The van der Waals surface area contributed by atoms with E-state index in [0.29, 0.717) is 11.5 Å². The Labute approximate surface area is 117 Å². The number of carbonyl (C=O) groups is 1. The molecule has 0 spiro atoms. The maximum atomic E-state index is 12.1. The number of nitrogens with one attached hydrogen (secondary N) is 1. The fourth-order valence-electron chi connectivity index (χ4n) is 1.85. The highest BCUT2D eigenvalue weighted by atomic mass is 16.4. The molecule has 0 saturated carbocycles. The molecule has 2 heterocycles. The summed E-state index contributed by atoms with van der Waals surface area (Å²) in [6.07, 6.45) is 0.628. The summed E-state index contributed by atoms with van der Waals surface area (Å²) in [5, 5.41) is 16.8. The predicted octanol–water partition coefficient (Wildman–Crippen LogP) is 1.60. The van der Waals surface area contributed by atoms with E-state index in [0.717, 1.165) is 5.69 Å². The second-order valence-corrected chi connectivity index (χ2v) is 4.97. The molecule has 2 aromatic heterocycles. The lowest BCUT2D eigenvalue weighted by molar-refractivity contribution is 0.0892. The Bertz CT molecular complexity index is 573. The molecule has 2 rings (SSSR count). The van der Waals surface area contributed by atoms with Crippen molar-refractivity contribution >= 4 is 5.91 Å². The molecule has 0 aromatic carbocycles. The van der Waals surface area contributed by atoms with Crippen molar-refractivity contribution in [3.05, 3.63) is 41.6 Å². The zero-order valence-electron chi connectivity index (χ0n) is 11.8. The van der Waals surface area contributed by atoms with E-state index in [1.54, 1.807) is 29.9 Å². The van der Waals surface area contributed by atoms with E-state index >= 15 is 0 Å². The SMILES string of the molecule is CC(C)c1cc(C(=O)NC[C@H](O)c2ccco2)n(C)n1. The van der Waals surface area contributed by atoms with Crippen molar-refractivity contribution in [3.63, 3.8) is 0 Å². The molecule has 0 bridgehead atoms. The van der Waals surface area contributed by atoms with Crippen LogP contribution in [0.2, 0.25) is 0 Å². The van der Waals surface area contributed by atoms with Crippen molar-refractivity contribution in [1.82, 2.24) is 15.1 Å². The summed E-state index contributed by atoms with van der Waals surface area (Å²) in [5.41, 5.74) is 1.34. The lowest BCUT2D eigenvalue weighted by atomic mass is 10.1. The molecule has 6 heteroatoms. The van der Waals surface area contributed by atoms with Gasteiger partial charge in [-0.1, -0.05) is 13.8 Å². The molecule has 108 valence electrons. The Kier molecular flexibility index (Phi) is 4.24. The minimum Gasteiger partial charge on any atom is -0.467 e. The van der Waals surface area contributed by atoms with Crippen molar-refractivity contribution in [3.8, 4) is 0 Å². The number of nitrogens with zero attached hydrogens (tertiary/aromatic N) is 2. The number of aromatic nitrogens is 2. The monoisotopic (exact) mass is 277 g/mol. The van der Waals surface area contributed by atoms with Gasteiger partial charge < -0.3 is 14.8 Å². The van der Waals surface area contributed by atoms with Crippen molar-refractivity contribution in [1.29, 1.82) is 0 Å². The molecule has 0 saturated heterocycles. The van der Waals surface area contributed by atoms with Gasteiger partial charge in [0.2, 0.25) is 0 Å². The minimum absolute atomic E-state index is 0.0918. The van der Waals surface area contributed by atoms with Crippen LogP contribution >= 0.6 is 0 Å². The molecule has 0 aliphatic rings. The molecular weight excluding hydrogens is 258 g/mol. The maximum Gasteiger partial charge on any atom is 0.269 e. The van der Waals surface area contributed by atoms with Crippen LogP contribution in [-0.4, -0.2) is 27.3 Å². The normalized spacial score (nSPS) is 12.7. The number of hydrogen-bond acceptors (Lipinski definition) is 4. The van der Waals surface area contributed by atoms with Gasteiger partial charge in [0.05, 0.1) is 18.5 Å². The molecule has 6 nitrogen and oxygen atoms in total. The number of rotatable bonds is 5. The van der Waals surface area contributed by atoms with Crippen LogP contribution in [0.3, 0.4) is 0 Å². The van der Waals surface area contributed by atoms with Gasteiger partial charge in [-0.3, -0.25) is 9.48 Å². The van der Waals surface area contributed by atoms with Gasteiger partial charge >= 0.3 is 0 Å². The van der Waals surface area contributed by atoms with Gasteiger partial charge in [0.1, 0.15) is 17.6 Å². The Morgan fingerprint density at radius 1 is 1.55 bits per heavy atom. The second-order valence-electron chi connectivity index (χ2n) is 4.97. The van der Waals surface area contributed by atoms with Crippen molar-refractivity contribution in [2.24, 2.45) is 7.05 Å². The lowest BCUT2D eigenvalue weighted by Crippen LogP contribution is -2.29. The summed E-state index contributed by atoms with van der Waals surface area (Å²) >= 11 is 0. The first kappa shape index (κ1) is 14.3. The Morgan fingerprint density at radius 3 is 2.85 bits per heavy atom. The Balaban J connectivity index is 1.98. The van der Waals surface area contributed by atoms with E-state index < -0.39 is 6.10 Å². The number of hydrogen-bond donors (Lipinski definition) is 2. The quantitative estimate of drug-likeness (QED) is 0.870. The average Bonchev–Trinajstić information content (AvgIpc) is 3.04. The number of aliphatic hydroxyl groups is 1. The first-order valence-corrected chi connectivity index (χ1v) is 6.52. The molecule has 2 aromatic rings. The summed E-state index contributed by atoms with van der Waals surface area (Å²) in [5.74, 6) is 0.423. The highest BCUT2D eigenvalue weighted by molar-refractivity contribution is 5.92. The van der Waals surface area contributed by atoms with Crippen molar-refractivity contribution in [2.75, 3.05) is 6.54 Å². The van der Waals surface area contributed by atoms with Gasteiger partial charge in [0.15, 0.2) is 0 Å². The van der Waals surface area contributed by atoms with E-state index in [2.05, 4.69) is 10.4 Å². The molecule has 0 unspecified atom stereocenters. The number of furan rings is 1. The van der Waals surface area contributed by atoms with Crippen LogP contribution < -0.4 is 5.32 Å². The van der Waals surface area contributed by atoms with Crippen molar-refractivity contribution in [2.45, 2.75) is 25.9 Å². The zero-order chi connectivity index (χ0) is 14.7. The number of aliphatic hydroxyl groups excluding tert-OH is 1. The van der Waals surface area contributed by atoms with E-state index in [1.807, 2.05) is 13.8 Å². The van der Waals surface area contributed by atoms with Crippen LogP contribution in [0.25, 0.3) is 0 Å². The van der Waals surface area contributed by atoms with E-state index in [-0.39, 0.29) is 18.4 Å². The third-order valence-electron chi connectivity index (χ3n) is 3.05. The van der Waals surface area contributed by atoms with Gasteiger partial charge in [0.25, 0.3) is 5.91 Å². The summed E-state index contributed by atoms with van der Waals surface area (Å²) in [6.45, 7) is 4.13. The van der Waals surface area contributed by atoms with Crippen LogP contribution in [0.1, 0.15) is 47.8 Å². The van der Waals surface area contributed by atoms with Gasteiger partial charge in [-0.15, -0.1) is 0 Å². The summed E-state index contributed by atoms with van der Waals surface area (Å²) in [6, 6.07) is 5.12. The fourth-order valence-corrected chi connectivity index (χ4v) is 1.85. The minimum atomic E-state index is -0.855. The smallest absolute Gasteiger partial charge is 0.269 e. The van der Waals surface area contributed by atoms with E-state index in [1.165, 1.54) is 6.26 Å². The predicted molar refractivity (Wildman–Crippen MR) is 73.3 cm³/mol. The van der Waals surface area contributed by atoms with Crippen LogP contribution in [0.15, 0.2) is 28.9 Å². The Hall–Kier alpha value is -2.08. The largest absolute Gasteiger partial charge is 0.467 e. The molecule has 20 heavy (non-hydrogen) atoms. The van der Waals surface area contributed by atoms with Crippen molar-refractivity contribution < 1.29 is 14.3 Å². The number of aryl methyl sites for hydroxylation is 1.